The zero-order valence-corrected chi connectivity index (χ0v) is 14.3. The van der Waals surface area contributed by atoms with Crippen LogP contribution in [-0.2, 0) is 0 Å². The minimum absolute atomic E-state index is 0.364. The van der Waals surface area contributed by atoms with E-state index in [1.54, 1.807) is 0 Å². The first kappa shape index (κ1) is 13.9. The molecule has 0 radical (unpaired) electrons. The molecule has 1 aromatic carbocycles. The van der Waals surface area contributed by atoms with E-state index >= 15 is 0 Å². The summed E-state index contributed by atoms with van der Waals surface area (Å²) < 4.78 is 2.32. The molecule has 4 heteroatoms. The zero-order valence-electron chi connectivity index (χ0n) is 11.1. The fourth-order valence-electron chi connectivity index (χ4n) is 3.46. The Balaban J connectivity index is 1.81. The number of benzene rings is 1. The Hall–Kier alpha value is -0.0600. The summed E-state index contributed by atoms with van der Waals surface area (Å²) >= 11 is 7.23. The molecule has 0 unspecified atom stereocenters. The van der Waals surface area contributed by atoms with Gasteiger partial charge in [-0.3, -0.25) is 0 Å². The molecule has 0 bridgehead atoms. The molecule has 2 fully saturated rings. The number of piperazine rings is 1. The number of hydrogen-bond donors (Lipinski definition) is 1. The third kappa shape index (κ3) is 3.01. The molecule has 3 rings (SSSR count). The second-order valence-electron chi connectivity index (χ2n) is 5.79. The molecule has 1 aliphatic heterocycles. The van der Waals surface area contributed by atoms with Gasteiger partial charge in [-0.15, -0.1) is 0 Å². The van der Waals surface area contributed by atoms with E-state index in [1.807, 2.05) is 0 Å². The Morgan fingerprint density at radius 3 is 2.63 bits per heavy atom. The minimum atomic E-state index is 0.364. The van der Waals surface area contributed by atoms with Crippen molar-refractivity contribution >= 4 is 37.5 Å². The highest BCUT2D eigenvalue weighted by molar-refractivity contribution is 9.11. The topological polar surface area (TPSA) is 15.3 Å². The van der Waals surface area contributed by atoms with Crippen LogP contribution in [0.2, 0.25) is 0 Å². The summed E-state index contributed by atoms with van der Waals surface area (Å²) in [5, 5.41) is 3.80. The molecule has 1 saturated carbocycles. The predicted octanol–water partition coefficient (Wildman–Crippen LogP) is 4.32. The van der Waals surface area contributed by atoms with Gasteiger partial charge >= 0.3 is 0 Å². The third-order valence-corrected chi connectivity index (χ3v) is 5.56. The maximum Gasteiger partial charge on any atom is 0.0512 e. The first-order valence-electron chi connectivity index (χ1n) is 7.14. The first-order chi connectivity index (χ1) is 9.19. The highest BCUT2D eigenvalue weighted by atomic mass is 79.9. The van der Waals surface area contributed by atoms with Gasteiger partial charge in [0.15, 0.2) is 0 Å². The van der Waals surface area contributed by atoms with Gasteiger partial charge in [0.1, 0.15) is 0 Å². The smallest absolute Gasteiger partial charge is 0.0512 e. The van der Waals surface area contributed by atoms with E-state index in [9.17, 15) is 0 Å². The second kappa shape index (κ2) is 5.74. The van der Waals surface area contributed by atoms with Crippen LogP contribution in [0.25, 0.3) is 0 Å². The molecule has 2 nitrogen and oxygen atoms in total. The summed E-state index contributed by atoms with van der Waals surface area (Å²) in [5.74, 6) is 0. The number of rotatable bonds is 1. The van der Waals surface area contributed by atoms with Crippen LogP contribution in [-0.4, -0.2) is 25.2 Å². The zero-order chi connectivity index (χ0) is 13.3. The molecular formula is C15H20Br2N2. The van der Waals surface area contributed by atoms with Gasteiger partial charge < -0.3 is 10.2 Å². The number of nitrogens with zero attached hydrogens (tertiary/aromatic N) is 1. The fourth-order valence-corrected chi connectivity index (χ4v) is 4.76. The lowest BCUT2D eigenvalue weighted by molar-refractivity contribution is 0.216. The van der Waals surface area contributed by atoms with Crippen LogP contribution in [0.15, 0.2) is 27.1 Å². The van der Waals surface area contributed by atoms with Crippen molar-refractivity contribution < 1.29 is 0 Å². The van der Waals surface area contributed by atoms with Crippen molar-refractivity contribution in [1.29, 1.82) is 0 Å². The SMILES string of the molecule is Brc1ccc(N2CCNC3(CCCCC3)C2)c(Br)c1. The van der Waals surface area contributed by atoms with Crippen molar-refractivity contribution in [2.45, 2.75) is 37.6 Å². The Bertz CT molecular complexity index is 450. The average molecular weight is 388 g/mol. The maximum atomic E-state index is 3.80. The van der Waals surface area contributed by atoms with Gasteiger partial charge in [0.05, 0.1) is 5.69 Å². The molecule has 0 atom stereocenters. The Morgan fingerprint density at radius 2 is 1.89 bits per heavy atom. The van der Waals surface area contributed by atoms with E-state index in [0.717, 1.165) is 24.1 Å². The van der Waals surface area contributed by atoms with E-state index in [-0.39, 0.29) is 0 Å². The Morgan fingerprint density at radius 1 is 1.11 bits per heavy atom. The Labute approximate surface area is 132 Å². The number of anilines is 1. The molecule has 19 heavy (non-hydrogen) atoms. The molecule has 104 valence electrons. The van der Waals surface area contributed by atoms with Crippen LogP contribution in [0, 0.1) is 0 Å². The van der Waals surface area contributed by atoms with Crippen molar-refractivity contribution in [2.75, 3.05) is 24.5 Å². The van der Waals surface area contributed by atoms with Crippen LogP contribution >= 0.6 is 31.9 Å². The first-order valence-corrected chi connectivity index (χ1v) is 8.72. The molecule has 1 heterocycles. The summed E-state index contributed by atoms with van der Waals surface area (Å²) in [6.45, 7) is 3.34. The van der Waals surface area contributed by atoms with Crippen molar-refractivity contribution in [3.8, 4) is 0 Å². The van der Waals surface area contributed by atoms with E-state index in [1.165, 1.54) is 42.3 Å². The van der Waals surface area contributed by atoms with E-state index in [0.29, 0.717) is 5.54 Å². The lowest BCUT2D eigenvalue weighted by Crippen LogP contribution is -2.61. The highest BCUT2D eigenvalue weighted by Gasteiger charge is 2.36. The molecule has 0 amide bonds. The van der Waals surface area contributed by atoms with Gasteiger partial charge in [-0.2, -0.15) is 0 Å². The second-order valence-corrected chi connectivity index (χ2v) is 7.56. The molecular weight excluding hydrogens is 368 g/mol. The van der Waals surface area contributed by atoms with Crippen LogP contribution in [0.5, 0.6) is 0 Å². The molecule has 1 aliphatic carbocycles. The summed E-state index contributed by atoms with van der Waals surface area (Å²) in [5.41, 5.74) is 1.69. The van der Waals surface area contributed by atoms with E-state index in [4.69, 9.17) is 0 Å². The number of nitrogens with one attached hydrogen (secondary N) is 1. The van der Waals surface area contributed by atoms with Gasteiger partial charge in [0, 0.05) is 34.1 Å². The maximum absolute atomic E-state index is 3.80. The summed E-state index contributed by atoms with van der Waals surface area (Å²) in [4.78, 5) is 2.54. The fraction of sp³-hybridized carbons (Fsp3) is 0.600. The molecule has 1 spiro atoms. The summed E-state index contributed by atoms with van der Waals surface area (Å²) in [7, 11) is 0. The molecule has 0 aromatic heterocycles. The number of halogens is 2. The van der Waals surface area contributed by atoms with Gasteiger partial charge in [0.2, 0.25) is 0 Å². The monoisotopic (exact) mass is 386 g/mol. The van der Waals surface area contributed by atoms with Crippen molar-refractivity contribution in [1.82, 2.24) is 5.32 Å². The average Bonchev–Trinajstić information content (AvgIpc) is 2.39. The molecule has 1 aromatic rings. The lowest BCUT2D eigenvalue weighted by Gasteiger charge is -2.47. The molecule has 2 aliphatic rings. The van der Waals surface area contributed by atoms with Gasteiger partial charge in [-0.05, 0) is 47.0 Å². The quantitative estimate of drug-likeness (QED) is 0.771. The van der Waals surface area contributed by atoms with E-state index in [2.05, 4.69) is 60.3 Å². The van der Waals surface area contributed by atoms with Crippen LogP contribution in [0.3, 0.4) is 0 Å². The standard InChI is InChI=1S/C15H20Br2N2/c16-12-4-5-14(13(17)10-12)19-9-8-18-15(11-19)6-2-1-3-7-15/h4-5,10,18H,1-3,6-9,11H2. The van der Waals surface area contributed by atoms with Crippen molar-refractivity contribution in [3.63, 3.8) is 0 Å². The van der Waals surface area contributed by atoms with Crippen molar-refractivity contribution in [2.24, 2.45) is 0 Å². The number of hydrogen-bond acceptors (Lipinski definition) is 2. The van der Waals surface area contributed by atoms with Crippen LogP contribution in [0.4, 0.5) is 5.69 Å². The summed E-state index contributed by atoms with van der Waals surface area (Å²) in [6, 6.07) is 6.50. The van der Waals surface area contributed by atoms with Gasteiger partial charge in [-0.1, -0.05) is 35.2 Å². The minimum Gasteiger partial charge on any atom is -0.367 e. The van der Waals surface area contributed by atoms with Gasteiger partial charge in [-0.25, -0.2) is 0 Å². The van der Waals surface area contributed by atoms with Gasteiger partial charge in [0.25, 0.3) is 0 Å². The van der Waals surface area contributed by atoms with Crippen LogP contribution in [0.1, 0.15) is 32.1 Å². The Kier molecular flexibility index (Phi) is 4.20. The third-order valence-electron chi connectivity index (χ3n) is 4.44. The van der Waals surface area contributed by atoms with Crippen molar-refractivity contribution in [3.05, 3.63) is 27.1 Å². The van der Waals surface area contributed by atoms with Crippen LogP contribution < -0.4 is 10.2 Å². The highest BCUT2D eigenvalue weighted by Crippen LogP contribution is 2.35. The molecule has 1 N–H and O–H groups in total. The summed E-state index contributed by atoms with van der Waals surface area (Å²) in [6.07, 6.45) is 6.82. The van der Waals surface area contributed by atoms with E-state index < -0.39 is 0 Å². The predicted molar refractivity (Wildman–Crippen MR) is 87.9 cm³/mol. The largest absolute Gasteiger partial charge is 0.367 e. The lowest BCUT2D eigenvalue weighted by atomic mass is 9.80. The molecule has 1 saturated heterocycles. The normalized spacial score (nSPS) is 22.7.